The molecule has 0 saturated carbocycles. The smallest absolute Gasteiger partial charge is 0.0967 e. The average Bonchev–Trinajstić information content (AvgIpc) is 2.06. The number of rotatable bonds is 3. The zero-order chi connectivity index (χ0) is 9.54. The Morgan fingerprint density at radius 3 is 1.18 bits per heavy atom. The zero-order valence-corrected chi connectivity index (χ0v) is 9.51. The first kappa shape index (κ1) is 17.6. The Labute approximate surface area is 82.3 Å². The second-order valence-electron chi connectivity index (χ2n) is 1.81. The number of unbranched alkanes of at least 4 members (excludes halogenated alkanes) is 3. The van der Waals surface area contributed by atoms with Crippen molar-refractivity contribution in [3.63, 3.8) is 0 Å². The van der Waals surface area contributed by atoms with Crippen molar-refractivity contribution in [2.45, 2.75) is 46.5 Å². The van der Waals surface area contributed by atoms with Gasteiger partial charge in [-0.1, -0.05) is 53.4 Å². The fourth-order valence-corrected chi connectivity index (χ4v) is 0.500. The third-order valence-corrected chi connectivity index (χ3v) is 0.957. The fourth-order valence-electron chi connectivity index (χ4n) is 0.500. The molecule has 2 heteroatoms. The molecular weight excluding hydrogens is 179 g/mol. The molecule has 0 aromatic carbocycles. The van der Waals surface area contributed by atoms with E-state index in [1.54, 1.807) is 6.92 Å². The van der Waals surface area contributed by atoms with Gasteiger partial charge in [0.05, 0.1) is 5.34 Å². The Balaban J connectivity index is -0.000000109. The lowest BCUT2D eigenvalue weighted by Crippen LogP contribution is -1.66. The van der Waals surface area contributed by atoms with Crippen molar-refractivity contribution in [2.75, 3.05) is 5.34 Å². The Morgan fingerprint density at radius 2 is 1.09 bits per heavy atom. The van der Waals surface area contributed by atoms with Crippen molar-refractivity contribution in [1.82, 2.24) is 0 Å². The highest BCUT2D eigenvalue weighted by atomic mass is 35.5. The monoisotopic (exact) mass is 199 g/mol. The third-order valence-electron chi connectivity index (χ3n) is 0.957. The van der Waals surface area contributed by atoms with Gasteiger partial charge in [-0.05, 0) is 0 Å². The molecule has 71 valence electrons. The molecule has 0 aromatic heterocycles. The van der Waals surface area contributed by atoms with Crippen LogP contribution in [0.25, 0.3) is 0 Å². The molecule has 11 heavy (non-hydrogen) atoms. The first-order valence-electron chi connectivity index (χ1n) is 4.16. The predicted octanol–water partition coefficient (Wildman–Crippen LogP) is 4.85. The van der Waals surface area contributed by atoms with E-state index in [0.717, 1.165) is 0 Å². The largest absolute Gasteiger partial charge is 0.109 e. The molecule has 0 heterocycles. The third kappa shape index (κ3) is 60.8. The summed E-state index contributed by atoms with van der Waals surface area (Å²) in [5, 5.41) is 0.194. The van der Waals surface area contributed by atoms with E-state index in [9.17, 15) is 0 Å². The maximum absolute atomic E-state index is 4.76. The maximum atomic E-state index is 4.76. The van der Waals surface area contributed by atoms with Gasteiger partial charge in [0.25, 0.3) is 0 Å². The predicted molar refractivity (Wildman–Crippen MR) is 57.4 cm³/mol. The average molecular weight is 200 g/mol. The highest BCUT2D eigenvalue weighted by molar-refractivity contribution is 6.40. The van der Waals surface area contributed by atoms with E-state index < -0.39 is 0 Å². The minimum Gasteiger partial charge on any atom is -0.109 e. The molecule has 1 radical (unpaired) electrons. The number of alkyl halides is 2. The van der Waals surface area contributed by atoms with Gasteiger partial charge in [0, 0.05) is 0 Å². The topological polar surface area (TPSA) is 0 Å². The minimum absolute atomic E-state index is 0.194. The lowest BCUT2D eigenvalue weighted by atomic mass is 10.2. The van der Waals surface area contributed by atoms with Crippen LogP contribution in [0, 0.1) is 6.92 Å². The van der Waals surface area contributed by atoms with Crippen molar-refractivity contribution in [1.29, 1.82) is 0 Å². The molecule has 0 aliphatic rings. The first-order valence-corrected chi connectivity index (χ1v) is 5.22. The summed E-state index contributed by atoms with van der Waals surface area (Å²) in [5.41, 5.74) is 0. The number of hydrogen-bond donors (Lipinski definition) is 0. The lowest BCUT2D eigenvalue weighted by Gasteiger charge is -1.86. The molecule has 0 rings (SSSR count). The van der Waals surface area contributed by atoms with Crippen molar-refractivity contribution >= 4 is 23.2 Å². The van der Waals surface area contributed by atoms with E-state index in [-0.39, 0.29) is 5.34 Å². The highest BCUT2D eigenvalue weighted by Crippen LogP contribution is 1.95. The molecule has 0 aromatic rings. The second-order valence-corrected chi connectivity index (χ2v) is 2.62. The summed E-state index contributed by atoms with van der Waals surface area (Å²) < 4.78 is 0. The second kappa shape index (κ2) is 31.2. The van der Waals surface area contributed by atoms with Gasteiger partial charge in [-0.25, -0.2) is 0 Å². The molecule has 0 aliphatic heterocycles. The summed E-state index contributed by atoms with van der Waals surface area (Å²) in [6, 6.07) is 0. The van der Waals surface area contributed by atoms with Crippen LogP contribution in [0.2, 0.25) is 0 Å². The number of halogens is 2. The van der Waals surface area contributed by atoms with Crippen LogP contribution in [0.1, 0.15) is 46.5 Å². The SMILES string of the molecule is CCCCCC.ClCCl.[CH2]C. The van der Waals surface area contributed by atoms with Gasteiger partial charge in [0.1, 0.15) is 0 Å². The van der Waals surface area contributed by atoms with Crippen molar-refractivity contribution < 1.29 is 0 Å². The molecule has 0 nitrogen and oxygen atoms in total. The van der Waals surface area contributed by atoms with Crippen molar-refractivity contribution in [3.8, 4) is 0 Å². The van der Waals surface area contributed by atoms with Gasteiger partial charge < -0.3 is 0 Å². The number of hydrogen-bond acceptors (Lipinski definition) is 0. The van der Waals surface area contributed by atoms with E-state index >= 15 is 0 Å². The summed E-state index contributed by atoms with van der Waals surface area (Å²) in [4.78, 5) is 0. The molecular formula is C9H21Cl2. The molecule has 0 aliphatic carbocycles. The quantitative estimate of drug-likeness (QED) is 0.451. The van der Waals surface area contributed by atoms with Crippen LogP contribution in [0.4, 0.5) is 0 Å². The first-order chi connectivity index (χ1) is 5.33. The molecule has 0 spiro atoms. The van der Waals surface area contributed by atoms with E-state index in [4.69, 9.17) is 23.2 Å². The summed E-state index contributed by atoms with van der Waals surface area (Å²) in [6.07, 6.45) is 5.54. The van der Waals surface area contributed by atoms with Gasteiger partial charge in [-0.3, -0.25) is 0 Å². The van der Waals surface area contributed by atoms with Crippen molar-refractivity contribution in [3.05, 3.63) is 6.92 Å². The van der Waals surface area contributed by atoms with Gasteiger partial charge in [-0.15, -0.1) is 23.2 Å². The van der Waals surface area contributed by atoms with Gasteiger partial charge in [0.15, 0.2) is 0 Å². The zero-order valence-electron chi connectivity index (χ0n) is 8.00. The highest BCUT2D eigenvalue weighted by Gasteiger charge is 1.75. The molecule has 0 bridgehead atoms. The standard InChI is InChI=1S/C6H14.C2H5.CH2Cl2/c1-3-5-6-4-2;1-2;2-1-3/h3-6H2,1-2H3;1H2,2H3;1H2. The molecule has 0 saturated heterocycles. The van der Waals surface area contributed by atoms with Crippen LogP contribution < -0.4 is 0 Å². The van der Waals surface area contributed by atoms with Gasteiger partial charge in [0.2, 0.25) is 0 Å². The summed E-state index contributed by atoms with van der Waals surface area (Å²) >= 11 is 9.53. The summed E-state index contributed by atoms with van der Waals surface area (Å²) in [5.74, 6) is 0. The van der Waals surface area contributed by atoms with Crippen LogP contribution in [0.3, 0.4) is 0 Å². The summed E-state index contributed by atoms with van der Waals surface area (Å²) in [6.45, 7) is 9.46. The van der Waals surface area contributed by atoms with Crippen molar-refractivity contribution in [2.24, 2.45) is 0 Å². The van der Waals surface area contributed by atoms with Crippen LogP contribution in [-0.4, -0.2) is 5.34 Å². The Kier molecular flexibility index (Phi) is 49.9. The molecule has 0 fully saturated rings. The van der Waals surface area contributed by atoms with Crippen LogP contribution in [0.15, 0.2) is 0 Å². The van der Waals surface area contributed by atoms with Gasteiger partial charge in [-0.2, -0.15) is 0 Å². The van der Waals surface area contributed by atoms with Crippen LogP contribution in [-0.2, 0) is 0 Å². The Bertz CT molecular complexity index is 26.7. The Hall–Kier alpha value is 0.580. The van der Waals surface area contributed by atoms with E-state index in [0.29, 0.717) is 0 Å². The molecule has 0 unspecified atom stereocenters. The maximum Gasteiger partial charge on any atom is 0.0967 e. The molecule has 0 amide bonds. The Morgan fingerprint density at radius 1 is 0.909 bits per heavy atom. The minimum atomic E-state index is 0.194. The van der Waals surface area contributed by atoms with E-state index in [1.165, 1.54) is 25.7 Å². The normalized spacial score (nSPS) is 7.09. The molecule has 0 N–H and O–H groups in total. The van der Waals surface area contributed by atoms with E-state index in [2.05, 4.69) is 20.8 Å². The lowest BCUT2D eigenvalue weighted by molar-refractivity contribution is 0.702. The van der Waals surface area contributed by atoms with Crippen LogP contribution in [0.5, 0.6) is 0 Å². The van der Waals surface area contributed by atoms with Gasteiger partial charge >= 0.3 is 0 Å². The fraction of sp³-hybridized carbons (Fsp3) is 0.889. The molecule has 0 atom stereocenters. The van der Waals surface area contributed by atoms with Crippen LogP contribution >= 0.6 is 23.2 Å². The van der Waals surface area contributed by atoms with E-state index in [1.807, 2.05) is 0 Å². The summed E-state index contributed by atoms with van der Waals surface area (Å²) in [7, 11) is 0.